The van der Waals surface area contributed by atoms with E-state index in [4.69, 9.17) is 9.47 Å². The number of carbonyl (C=O) groups is 2. The molecule has 0 unspecified atom stereocenters. The number of ether oxygens (including phenoxy) is 2. The molecule has 1 N–H and O–H groups in total. The first-order valence-corrected chi connectivity index (χ1v) is 14.9. The highest BCUT2D eigenvalue weighted by Gasteiger charge is 2.32. The molecule has 0 aromatic heterocycles. The van der Waals surface area contributed by atoms with Gasteiger partial charge < -0.3 is 19.7 Å². The number of hydrogen-bond donors (Lipinski definition) is 1. The van der Waals surface area contributed by atoms with Crippen LogP contribution in [0, 0.1) is 6.92 Å². The average Bonchev–Trinajstić information content (AvgIpc) is 2.95. The largest absolute Gasteiger partial charge is 0.497 e. The van der Waals surface area contributed by atoms with Crippen molar-refractivity contribution in [3.8, 4) is 11.5 Å². The van der Waals surface area contributed by atoms with Gasteiger partial charge in [-0.3, -0.25) is 13.9 Å². The van der Waals surface area contributed by atoms with E-state index < -0.39 is 28.5 Å². The lowest BCUT2D eigenvalue weighted by molar-refractivity contribution is -0.139. The van der Waals surface area contributed by atoms with Gasteiger partial charge in [-0.1, -0.05) is 29.8 Å². The molecule has 10 heteroatoms. The number of anilines is 1. The van der Waals surface area contributed by atoms with Crippen molar-refractivity contribution in [2.45, 2.75) is 58.1 Å². The molecule has 0 bridgehead atoms. The lowest BCUT2D eigenvalue weighted by Gasteiger charge is -2.32. The van der Waals surface area contributed by atoms with E-state index in [2.05, 4.69) is 5.32 Å². The SMILES string of the molecule is CCOc1ccc(N(CC(=O)N(Cc2ccc(OC)cc2)[C@@H](C)C(=O)NC(C)C)S(=O)(=O)c2ccc(C)cc2)cc1. The Morgan fingerprint density at radius 1 is 0.878 bits per heavy atom. The first kappa shape index (κ1) is 31.5. The lowest BCUT2D eigenvalue weighted by Crippen LogP contribution is -2.52. The van der Waals surface area contributed by atoms with Crippen LogP contribution in [0.15, 0.2) is 77.7 Å². The van der Waals surface area contributed by atoms with Gasteiger partial charge in [0.05, 0.1) is 24.3 Å². The molecule has 3 aromatic carbocycles. The summed E-state index contributed by atoms with van der Waals surface area (Å²) in [6, 6.07) is 19.1. The normalized spacial score (nSPS) is 12.0. The second-order valence-corrected chi connectivity index (χ2v) is 11.8. The van der Waals surface area contributed by atoms with Crippen molar-refractivity contribution in [1.29, 1.82) is 0 Å². The zero-order valence-corrected chi connectivity index (χ0v) is 25.3. The highest BCUT2D eigenvalue weighted by atomic mass is 32.2. The fraction of sp³-hybridized carbons (Fsp3) is 0.355. The summed E-state index contributed by atoms with van der Waals surface area (Å²) < 4.78 is 39.7. The molecule has 3 rings (SSSR count). The maximum Gasteiger partial charge on any atom is 0.264 e. The van der Waals surface area contributed by atoms with E-state index in [9.17, 15) is 18.0 Å². The van der Waals surface area contributed by atoms with Gasteiger partial charge in [0.1, 0.15) is 24.1 Å². The quantitative estimate of drug-likeness (QED) is 0.318. The molecule has 41 heavy (non-hydrogen) atoms. The third-order valence-electron chi connectivity index (χ3n) is 6.43. The molecule has 0 saturated heterocycles. The summed E-state index contributed by atoms with van der Waals surface area (Å²) in [6.07, 6.45) is 0. The number of aryl methyl sites for hydroxylation is 1. The van der Waals surface area contributed by atoms with Crippen molar-refractivity contribution >= 4 is 27.5 Å². The van der Waals surface area contributed by atoms with Gasteiger partial charge in [-0.25, -0.2) is 8.42 Å². The van der Waals surface area contributed by atoms with Crippen LogP contribution >= 0.6 is 0 Å². The van der Waals surface area contributed by atoms with Gasteiger partial charge in [0, 0.05) is 12.6 Å². The van der Waals surface area contributed by atoms with Crippen molar-refractivity contribution < 1.29 is 27.5 Å². The smallest absolute Gasteiger partial charge is 0.264 e. The number of methoxy groups -OCH3 is 1. The third-order valence-corrected chi connectivity index (χ3v) is 8.22. The molecule has 2 amide bonds. The fourth-order valence-electron chi connectivity index (χ4n) is 4.16. The van der Waals surface area contributed by atoms with Crippen LogP contribution in [-0.4, -0.2) is 57.5 Å². The summed E-state index contributed by atoms with van der Waals surface area (Å²) in [4.78, 5) is 28.4. The molecule has 0 spiro atoms. The second-order valence-electron chi connectivity index (χ2n) is 9.96. The van der Waals surface area contributed by atoms with E-state index in [0.717, 1.165) is 15.4 Å². The summed E-state index contributed by atoms with van der Waals surface area (Å²) >= 11 is 0. The van der Waals surface area contributed by atoms with Crippen molar-refractivity contribution in [1.82, 2.24) is 10.2 Å². The molecule has 0 aliphatic rings. The predicted octanol–water partition coefficient (Wildman–Crippen LogP) is 4.54. The van der Waals surface area contributed by atoms with Crippen LogP contribution in [-0.2, 0) is 26.2 Å². The maximum atomic E-state index is 14.0. The van der Waals surface area contributed by atoms with E-state index in [-0.39, 0.29) is 23.4 Å². The van der Waals surface area contributed by atoms with Crippen LogP contribution in [0.25, 0.3) is 0 Å². The van der Waals surface area contributed by atoms with Gasteiger partial charge in [0.15, 0.2) is 0 Å². The predicted molar refractivity (Wildman–Crippen MR) is 160 cm³/mol. The lowest BCUT2D eigenvalue weighted by atomic mass is 10.1. The Morgan fingerprint density at radius 3 is 2.00 bits per heavy atom. The Kier molecular flexibility index (Phi) is 10.8. The van der Waals surface area contributed by atoms with Crippen LogP contribution in [0.1, 0.15) is 38.8 Å². The summed E-state index contributed by atoms with van der Waals surface area (Å²) in [6.45, 7) is 9.06. The molecule has 220 valence electrons. The number of sulfonamides is 1. The summed E-state index contributed by atoms with van der Waals surface area (Å²) in [5.74, 6) is 0.367. The highest BCUT2D eigenvalue weighted by Crippen LogP contribution is 2.27. The Hall–Kier alpha value is -4.05. The summed E-state index contributed by atoms with van der Waals surface area (Å²) in [7, 11) is -2.58. The van der Waals surface area contributed by atoms with E-state index in [0.29, 0.717) is 23.8 Å². The molecule has 0 heterocycles. The monoisotopic (exact) mass is 581 g/mol. The minimum atomic E-state index is -4.14. The van der Waals surface area contributed by atoms with Gasteiger partial charge in [0.2, 0.25) is 11.8 Å². The zero-order chi connectivity index (χ0) is 30.2. The topological polar surface area (TPSA) is 105 Å². The Bertz CT molecular complexity index is 1410. The zero-order valence-electron chi connectivity index (χ0n) is 24.5. The number of rotatable bonds is 13. The fourth-order valence-corrected chi connectivity index (χ4v) is 5.57. The van der Waals surface area contributed by atoms with Crippen LogP contribution in [0.5, 0.6) is 11.5 Å². The van der Waals surface area contributed by atoms with Crippen molar-refractivity contribution in [2.24, 2.45) is 0 Å². The minimum absolute atomic E-state index is 0.0529. The molecule has 0 radical (unpaired) electrons. The summed E-state index contributed by atoms with van der Waals surface area (Å²) in [5, 5.41) is 2.85. The standard InChI is InChI=1S/C31H39N3O6S/c1-7-40-28-16-12-26(13-17-28)34(41(37,38)29-18-8-23(4)9-19-29)21-30(35)33(24(5)31(36)32-22(2)3)20-25-10-14-27(39-6)15-11-25/h8-19,22,24H,7,20-21H2,1-6H3,(H,32,36)/t24-/m0/s1. The Balaban J connectivity index is 2.02. The minimum Gasteiger partial charge on any atom is -0.497 e. The number of carbonyl (C=O) groups excluding carboxylic acids is 2. The number of amides is 2. The van der Waals surface area contributed by atoms with Gasteiger partial charge in [-0.05, 0) is 88.7 Å². The van der Waals surface area contributed by atoms with E-state index in [1.165, 1.54) is 17.0 Å². The van der Waals surface area contributed by atoms with Crippen LogP contribution in [0.3, 0.4) is 0 Å². The van der Waals surface area contributed by atoms with E-state index in [1.54, 1.807) is 74.7 Å². The highest BCUT2D eigenvalue weighted by molar-refractivity contribution is 7.92. The molecular formula is C31H39N3O6S. The van der Waals surface area contributed by atoms with Crippen LogP contribution in [0.2, 0.25) is 0 Å². The first-order chi connectivity index (χ1) is 19.5. The van der Waals surface area contributed by atoms with Gasteiger partial charge >= 0.3 is 0 Å². The van der Waals surface area contributed by atoms with Gasteiger partial charge in [-0.2, -0.15) is 0 Å². The molecule has 0 fully saturated rings. The van der Waals surface area contributed by atoms with Crippen molar-refractivity contribution in [3.63, 3.8) is 0 Å². The third kappa shape index (κ3) is 8.23. The average molecular weight is 582 g/mol. The van der Waals surface area contributed by atoms with Crippen molar-refractivity contribution in [2.75, 3.05) is 24.6 Å². The van der Waals surface area contributed by atoms with E-state index in [1.807, 2.05) is 27.7 Å². The number of benzene rings is 3. The summed E-state index contributed by atoms with van der Waals surface area (Å²) in [5.41, 5.74) is 1.96. The van der Waals surface area contributed by atoms with Crippen LogP contribution in [0.4, 0.5) is 5.69 Å². The Labute approximate surface area is 243 Å². The van der Waals surface area contributed by atoms with E-state index >= 15 is 0 Å². The molecule has 3 aromatic rings. The van der Waals surface area contributed by atoms with Crippen molar-refractivity contribution in [3.05, 3.63) is 83.9 Å². The molecule has 1 atom stereocenters. The maximum absolute atomic E-state index is 14.0. The molecular weight excluding hydrogens is 542 g/mol. The number of nitrogens with one attached hydrogen (secondary N) is 1. The Morgan fingerprint density at radius 2 is 1.46 bits per heavy atom. The molecule has 0 saturated carbocycles. The van der Waals surface area contributed by atoms with Crippen LogP contribution < -0.4 is 19.1 Å². The van der Waals surface area contributed by atoms with Gasteiger partial charge in [0.25, 0.3) is 10.0 Å². The first-order valence-electron chi connectivity index (χ1n) is 13.5. The molecule has 0 aliphatic heterocycles. The molecule has 9 nitrogen and oxygen atoms in total. The number of hydrogen-bond acceptors (Lipinski definition) is 6. The molecule has 0 aliphatic carbocycles. The number of nitrogens with zero attached hydrogens (tertiary/aromatic N) is 2. The second kappa shape index (κ2) is 14.0. The van der Waals surface area contributed by atoms with Gasteiger partial charge in [-0.15, -0.1) is 0 Å².